The number of rotatable bonds is 3. The molecule has 7 nitrogen and oxygen atoms in total. The van der Waals surface area contributed by atoms with Gasteiger partial charge in [-0.05, 0) is 56.1 Å². The molecule has 2 fully saturated rings. The molecular weight excluding hydrogens is 430 g/mol. The lowest BCUT2D eigenvalue weighted by Gasteiger charge is -2.41. The Kier molecular flexibility index (Phi) is 6.78. The number of para-hydroxylation sites is 1. The van der Waals surface area contributed by atoms with Crippen LogP contribution < -0.4 is 9.46 Å². The number of hydrogen-bond acceptors (Lipinski definition) is 5. The zero-order chi connectivity index (χ0) is 22.0. The summed E-state index contributed by atoms with van der Waals surface area (Å²) in [7, 11) is -4.78. The zero-order valence-corrected chi connectivity index (χ0v) is 18.0. The number of piperidine rings is 1. The van der Waals surface area contributed by atoms with E-state index in [0.717, 1.165) is 31.2 Å². The Balaban J connectivity index is 1.60. The minimum atomic E-state index is -4.78. The molecule has 1 amide bonds. The van der Waals surface area contributed by atoms with Gasteiger partial charge in [-0.3, -0.25) is 4.79 Å². The average Bonchev–Trinajstić information content (AvgIpc) is 2.77. The van der Waals surface area contributed by atoms with Gasteiger partial charge in [0.05, 0.1) is 18.8 Å². The first-order chi connectivity index (χ1) is 14.8. The van der Waals surface area contributed by atoms with Gasteiger partial charge in [0.25, 0.3) is 15.9 Å². The lowest BCUT2D eigenvalue weighted by Crippen LogP contribution is -2.60. The van der Waals surface area contributed by atoms with Crippen LogP contribution in [0.1, 0.15) is 50.0 Å². The summed E-state index contributed by atoms with van der Waals surface area (Å²) in [6.45, 7) is 0.306. The molecule has 1 aromatic carbocycles. The van der Waals surface area contributed by atoms with Crippen molar-refractivity contribution in [2.75, 3.05) is 19.8 Å². The van der Waals surface area contributed by atoms with E-state index >= 15 is 0 Å². The van der Waals surface area contributed by atoms with Crippen molar-refractivity contribution < 1.29 is 31.5 Å². The molecule has 0 unspecified atom stereocenters. The summed E-state index contributed by atoms with van der Waals surface area (Å²) in [6.07, 6.45) is 4.39. The van der Waals surface area contributed by atoms with Crippen LogP contribution in [0.15, 0.2) is 24.3 Å². The Morgan fingerprint density at radius 3 is 2.58 bits per heavy atom. The number of alkyl halides is 2. The summed E-state index contributed by atoms with van der Waals surface area (Å²) in [6, 6.07) is 6.24. The number of hydrogen-bond donors (Lipinski definition) is 1. The maximum atomic E-state index is 13.0. The van der Waals surface area contributed by atoms with E-state index in [1.165, 1.54) is 4.90 Å². The molecule has 1 N–H and O–H groups in total. The molecule has 2 atom stereocenters. The lowest BCUT2D eigenvalue weighted by atomic mass is 9.82. The summed E-state index contributed by atoms with van der Waals surface area (Å²) < 4.78 is 63.6. The predicted octanol–water partition coefficient (Wildman–Crippen LogP) is 2.62. The molecule has 1 saturated carbocycles. The van der Waals surface area contributed by atoms with Gasteiger partial charge in [0.2, 0.25) is 0 Å². The standard InChI is InChI=1S/C21H28F2N2O5S/c22-21(23)31(27,28)24-17-5-3-11-25-18(17)12-29-15-9-7-14(8-10-15)16-4-1-2-6-19(16)30-13-20(25)26/h1-2,4,6,14-15,17-18,21,24H,3,5,7-13H2/t14-,15+,17-,18-/m0/s1. The number of ether oxygens (including phenoxy) is 2. The Morgan fingerprint density at radius 1 is 1.10 bits per heavy atom. The molecule has 1 saturated heterocycles. The molecule has 0 spiro atoms. The van der Waals surface area contributed by atoms with Crippen molar-refractivity contribution >= 4 is 15.9 Å². The summed E-state index contributed by atoms with van der Waals surface area (Å²) in [4.78, 5) is 14.5. The molecule has 2 bridgehead atoms. The van der Waals surface area contributed by atoms with E-state index in [1.54, 1.807) is 0 Å². The lowest BCUT2D eigenvalue weighted by molar-refractivity contribution is -0.140. The molecule has 10 heteroatoms. The number of amides is 1. The minimum Gasteiger partial charge on any atom is -0.483 e. The van der Waals surface area contributed by atoms with E-state index < -0.39 is 27.9 Å². The zero-order valence-electron chi connectivity index (χ0n) is 17.2. The van der Waals surface area contributed by atoms with E-state index in [0.29, 0.717) is 31.1 Å². The molecule has 31 heavy (non-hydrogen) atoms. The van der Waals surface area contributed by atoms with Crippen molar-refractivity contribution in [2.45, 2.75) is 68.4 Å². The van der Waals surface area contributed by atoms with Crippen molar-refractivity contribution in [3.05, 3.63) is 29.8 Å². The van der Waals surface area contributed by atoms with Gasteiger partial charge < -0.3 is 14.4 Å². The molecule has 0 radical (unpaired) electrons. The second kappa shape index (κ2) is 9.38. The number of sulfonamides is 1. The number of fused-ring (bicyclic) bond motifs is 5. The first-order valence-electron chi connectivity index (χ1n) is 10.8. The van der Waals surface area contributed by atoms with Crippen LogP contribution in [0, 0.1) is 0 Å². The second-order valence-corrected chi connectivity index (χ2v) is 10.1. The maximum absolute atomic E-state index is 13.0. The van der Waals surface area contributed by atoms with Crippen molar-refractivity contribution in [3.8, 4) is 5.75 Å². The van der Waals surface area contributed by atoms with E-state index in [-0.39, 0.29) is 25.2 Å². The van der Waals surface area contributed by atoms with Gasteiger partial charge in [-0.2, -0.15) is 8.78 Å². The quantitative estimate of drug-likeness (QED) is 0.753. The fraction of sp³-hybridized carbons (Fsp3) is 0.667. The summed E-state index contributed by atoms with van der Waals surface area (Å²) in [5.41, 5.74) is 1.09. The fourth-order valence-electron chi connectivity index (χ4n) is 4.92. The molecule has 3 heterocycles. The number of nitrogens with one attached hydrogen (secondary N) is 1. The predicted molar refractivity (Wildman–Crippen MR) is 109 cm³/mol. The van der Waals surface area contributed by atoms with Crippen LogP contribution in [0.3, 0.4) is 0 Å². The number of carbonyl (C=O) groups is 1. The molecule has 172 valence electrons. The molecule has 5 rings (SSSR count). The van der Waals surface area contributed by atoms with Crippen molar-refractivity contribution in [1.29, 1.82) is 0 Å². The number of halogens is 2. The number of carbonyl (C=O) groups excluding carboxylic acids is 1. The highest BCUT2D eigenvalue weighted by atomic mass is 32.2. The minimum absolute atomic E-state index is 0.00341. The molecule has 4 aliphatic rings. The van der Waals surface area contributed by atoms with Crippen LogP contribution in [-0.4, -0.2) is 62.9 Å². The van der Waals surface area contributed by atoms with Gasteiger partial charge in [-0.15, -0.1) is 0 Å². The van der Waals surface area contributed by atoms with E-state index in [1.807, 2.05) is 24.3 Å². The monoisotopic (exact) mass is 458 g/mol. The van der Waals surface area contributed by atoms with Gasteiger partial charge in [0.1, 0.15) is 5.75 Å². The van der Waals surface area contributed by atoms with Crippen LogP contribution in [0.4, 0.5) is 8.78 Å². The highest BCUT2D eigenvalue weighted by Gasteiger charge is 2.39. The van der Waals surface area contributed by atoms with Crippen molar-refractivity contribution in [3.63, 3.8) is 0 Å². The Hall–Kier alpha value is -1.78. The topological polar surface area (TPSA) is 84.9 Å². The van der Waals surface area contributed by atoms with E-state index in [2.05, 4.69) is 4.72 Å². The Bertz CT molecular complexity index is 890. The average molecular weight is 459 g/mol. The fourth-order valence-corrected chi connectivity index (χ4v) is 5.72. The number of benzene rings is 1. The van der Waals surface area contributed by atoms with Crippen molar-refractivity contribution in [2.24, 2.45) is 0 Å². The van der Waals surface area contributed by atoms with Gasteiger partial charge in [-0.1, -0.05) is 18.2 Å². The van der Waals surface area contributed by atoms with Gasteiger partial charge in [0, 0.05) is 12.6 Å². The SMILES string of the molecule is O=C1COc2ccccc2[C@H]2CC[C@H](CC2)OC[C@H]2[C@@H](NS(=O)(=O)C(F)F)CCCN12. The highest BCUT2D eigenvalue weighted by molar-refractivity contribution is 7.89. The molecule has 3 aliphatic heterocycles. The van der Waals surface area contributed by atoms with Crippen molar-refractivity contribution in [1.82, 2.24) is 9.62 Å². The van der Waals surface area contributed by atoms with Gasteiger partial charge >= 0.3 is 5.76 Å². The molecule has 1 aliphatic carbocycles. The molecule has 1 aromatic rings. The third-order valence-corrected chi connectivity index (χ3v) is 7.64. The summed E-state index contributed by atoms with van der Waals surface area (Å²) in [5.74, 6) is -2.82. The number of nitrogens with zero attached hydrogens (tertiary/aromatic N) is 1. The molecule has 0 aromatic heterocycles. The Labute approximate surface area is 181 Å². The smallest absolute Gasteiger partial charge is 0.350 e. The maximum Gasteiger partial charge on any atom is 0.350 e. The van der Waals surface area contributed by atoms with Crippen LogP contribution in [0.5, 0.6) is 5.75 Å². The molecular formula is C21H28F2N2O5S. The largest absolute Gasteiger partial charge is 0.483 e. The second-order valence-electron chi connectivity index (χ2n) is 8.46. The Morgan fingerprint density at radius 2 is 1.84 bits per heavy atom. The van der Waals surface area contributed by atoms with Gasteiger partial charge in [-0.25, -0.2) is 13.1 Å². The first kappa shape index (κ1) is 22.4. The van der Waals surface area contributed by atoms with E-state index in [4.69, 9.17) is 9.47 Å². The summed E-state index contributed by atoms with van der Waals surface area (Å²) >= 11 is 0. The summed E-state index contributed by atoms with van der Waals surface area (Å²) in [5, 5.41) is 0. The third-order valence-electron chi connectivity index (χ3n) is 6.54. The van der Waals surface area contributed by atoms with Crippen LogP contribution in [0.2, 0.25) is 0 Å². The highest BCUT2D eigenvalue weighted by Crippen LogP contribution is 2.38. The van der Waals surface area contributed by atoms with Crippen LogP contribution >= 0.6 is 0 Å². The van der Waals surface area contributed by atoms with Gasteiger partial charge in [0.15, 0.2) is 6.61 Å². The van der Waals surface area contributed by atoms with Crippen LogP contribution in [0.25, 0.3) is 0 Å². The third kappa shape index (κ3) is 5.01. The first-order valence-corrected chi connectivity index (χ1v) is 12.3. The normalized spacial score (nSPS) is 29.9. The van der Waals surface area contributed by atoms with Crippen LogP contribution in [-0.2, 0) is 19.6 Å². The van der Waals surface area contributed by atoms with E-state index in [9.17, 15) is 22.0 Å².